The molecule has 1 aromatic carbocycles. The van der Waals surface area contributed by atoms with E-state index in [2.05, 4.69) is 6.58 Å². The molecule has 0 fully saturated rings. The molecule has 5 heteroatoms. The Labute approximate surface area is 112 Å². The van der Waals surface area contributed by atoms with Crippen LogP contribution in [0.5, 0.6) is 5.75 Å². The Kier molecular flexibility index (Phi) is 8.53. The zero-order valence-corrected chi connectivity index (χ0v) is 10.8. The molecule has 0 saturated carbocycles. The molecular formula is C14H18O5. The molecule has 5 nitrogen and oxygen atoms in total. The molecule has 0 aliphatic rings. The van der Waals surface area contributed by atoms with Gasteiger partial charge in [0.25, 0.3) is 0 Å². The molecule has 0 saturated heterocycles. The van der Waals surface area contributed by atoms with E-state index < -0.39 is 11.9 Å². The third kappa shape index (κ3) is 9.41. The molecule has 0 aliphatic carbocycles. The Hall–Kier alpha value is -2.30. The highest BCUT2D eigenvalue weighted by Crippen LogP contribution is 2.07. The zero-order valence-electron chi connectivity index (χ0n) is 10.8. The second-order valence-corrected chi connectivity index (χ2v) is 3.76. The van der Waals surface area contributed by atoms with Gasteiger partial charge in [0.15, 0.2) is 6.61 Å². The van der Waals surface area contributed by atoms with E-state index in [0.717, 1.165) is 0 Å². The topological polar surface area (TPSA) is 83.8 Å². The number of hydrogen-bond acceptors (Lipinski definition) is 3. The number of benzene rings is 1. The van der Waals surface area contributed by atoms with Crippen molar-refractivity contribution in [1.82, 2.24) is 0 Å². The lowest BCUT2D eigenvalue weighted by atomic mass is 10.1. The predicted molar refractivity (Wildman–Crippen MR) is 71.2 cm³/mol. The second-order valence-electron chi connectivity index (χ2n) is 3.76. The second kappa shape index (κ2) is 9.70. The van der Waals surface area contributed by atoms with Gasteiger partial charge >= 0.3 is 11.9 Å². The van der Waals surface area contributed by atoms with Gasteiger partial charge in [-0.05, 0) is 18.6 Å². The van der Waals surface area contributed by atoms with Crippen molar-refractivity contribution in [3.05, 3.63) is 43.0 Å². The highest BCUT2D eigenvalue weighted by atomic mass is 16.5. The van der Waals surface area contributed by atoms with Crippen molar-refractivity contribution in [2.75, 3.05) is 6.61 Å². The SMILES string of the molecule is C=CCC(C)C(=O)O.O=C(O)COc1ccccc1. The third-order valence-corrected chi connectivity index (χ3v) is 2.05. The number of para-hydroxylation sites is 1. The van der Waals surface area contributed by atoms with Crippen LogP contribution in [0.2, 0.25) is 0 Å². The summed E-state index contributed by atoms with van der Waals surface area (Å²) in [6, 6.07) is 8.84. The number of hydrogen-bond donors (Lipinski definition) is 2. The lowest BCUT2D eigenvalue weighted by molar-refractivity contribution is -0.141. The van der Waals surface area contributed by atoms with E-state index in [-0.39, 0.29) is 12.5 Å². The summed E-state index contributed by atoms with van der Waals surface area (Å²) in [4.78, 5) is 20.1. The van der Waals surface area contributed by atoms with Gasteiger partial charge in [0.05, 0.1) is 5.92 Å². The minimum atomic E-state index is -0.964. The zero-order chi connectivity index (χ0) is 14.7. The Balaban J connectivity index is 0.000000362. The first-order chi connectivity index (χ1) is 8.97. The van der Waals surface area contributed by atoms with E-state index in [1.807, 2.05) is 6.07 Å². The molecule has 19 heavy (non-hydrogen) atoms. The number of carbonyl (C=O) groups is 2. The van der Waals surface area contributed by atoms with Gasteiger partial charge in [0.2, 0.25) is 0 Å². The maximum atomic E-state index is 10.0. The molecule has 1 unspecified atom stereocenters. The summed E-state index contributed by atoms with van der Waals surface area (Å²) in [5.74, 6) is -1.43. The molecule has 2 N–H and O–H groups in total. The van der Waals surface area contributed by atoms with Crippen molar-refractivity contribution >= 4 is 11.9 Å². The number of ether oxygens (including phenoxy) is 1. The molecule has 0 amide bonds. The van der Waals surface area contributed by atoms with Crippen molar-refractivity contribution in [3.8, 4) is 5.75 Å². The number of rotatable bonds is 6. The normalized spacial score (nSPS) is 10.6. The molecule has 104 valence electrons. The van der Waals surface area contributed by atoms with Crippen molar-refractivity contribution in [2.45, 2.75) is 13.3 Å². The molecule has 1 rings (SSSR count). The molecule has 0 bridgehead atoms. The largest absolute Gasteiger partial charge is 0.482 e. The summed E-state index contributed by atoms with van der Waals surface area (Å²) in [6.07, 6.45) is 2.16. The van der Waals surface area contributed by atoms with E-state index in [9.17, 15) is 9.59 Å². The van der Waals surface area contributed by atoms with Crippen LogP contribution in [0.15, 0.2) is 43.0 Å². The minimum Gasteiger partial charge on any atom is -0.482 e. The van der Waals surface area contributed by atoms with Crippen LogP contribution in [0.1, 0.15) is 13.3 Å². The standard InChI is InChI=1S/C8H8O3.C6H10O2/c9-8(10)6-11-7-4-2-1-3-5-7;1-3-4-5(2)6(7)8/h1-5H,6H2,(H,9,10);3,5H,1,4H2,2H3,(H,7,8). The van der Waals surface area contributed by atoms with Gasteiger partial charge in [-0.1, -0.05) is 31.2 Å². The average molecular weight is 266 g/mol. The molecular weight excluding hydrogens is 248 g/mol. The first-order valence-corrected chi connectivity index (χ1v) is 5.70. The quantitative estimate of drug-likeness (QED) is 0.772. The highest BCUT2D eigenvalue weighted by Gasteiger charge is 2.06. The first kappa shape index (κ1) is 16.7. The lowest BCUT2D eigenvalue weighted by Gasteiger charge is -2.00. The van der Waals surface area contributed by atoms with E-state index >= 15 is 0 Å². The van der Waals surface area contributed by atoms with Gasteiger partial charge in [0.1, 0.15) is 5.75 Å². The average Bonchev–Trinajstić information content (AvgIpc) is 2.38. The van der Waals surface area contributed by atoms with Crippen molar-refractivity contribution in [1.29, 1.82) is 0 Å². The number of carboxylic acids is 2. The van der Waals surface area contributed by atoms with Crippen LogP contribution in [0, 0.1) is 5.92 Å². The van der Waals surface area contributed by atoms with E-state index in [0.29, 0.717) is 12.2 Å². The molecule has 1 atom stereocenters. The minimum absolute atomic E-state index is 0.285. The molecule has 0 aliphatic heterocycles. The van der Waals surface area contributed by atoms with Gasteiger partial charge in [0, 0.05) is 0 Å². The smallest absolute Gasteiger partial charge is 0.341 e. The van der Waals surface area contributed by atoms with Crippen molar-refractivity contribution in [2.24, 2.45) is 5.92 Å². The van der Waals surface area contributed by atoms with Gasteiger partial charge in [-0.3, -0.25) is 4.79 Å². The molecule has 0 aromatic heterocycles. The van der Waals surface area contributed by atoms with Crippen LogP contribution in [0.3, 0.4) is 0 Å². The monoisotopic (exact) mass is 266 g/mol. The number of carboxylic acid groups (broad SMARTS) is 2. The van der Waals surface area contributed by atoms with Crippen LogP contribution < -0.4 is 4.74 Å². The predicted octanol–water partition coefficient (Wildman–Crippen LogP) is 2.43. The fourth-order valence-electron chi connectivity index (χ4n) is 1.01. The summed E-state index contributed by atoms with van der Waals surface area (Å²) in [5.41, 5.74) is 0. The Bertz CT molecular complexity index is 400. The molecule has 1 aromatic rings. The van der Waals surface area contributed by atoms with E-state index in [1.165, 1.54) is 0 Å². The maximum Gasteiger partial charge on any atom is 0.341 e. The van der Waals surface area contributed by atoms with Gasteiger partial charge in [-0.2, -0.15) is 0 Å². The first-order valence-electron chi connectivity index (χ1n) is 5.70. The lowest BCUT2D eigenvalue weighted by Crippen LogP contribution is -2.09. The Morgan fingerprint density at radius 3 is 2.26 bits per heavy atom. The third-order valence-electron chi connectivity index (χ3n) is 2.05. The highest BCUT2D eigenvalue weighted by molar-refractivity contribution is 5.69. The fourth-order valence-corrected chi connectivity index (χ4v) is 1.01. The van der Waals surface area contributed by atoms with Crippen LogP contribution in [0.4, 0.5) is 0 Å². The van der Waals surface area contributed by atoms with Crippen LogP contribution >= 0.6 is 0 Å². The maximum absolute atomic E-state index is 10.0. The fraction of sp³-hybridized carbons (Fsp3) is 0.286. The van der Waals surface area contributed by atoms with E-state index in [1.54, 1.807) is 37.3 Å². The van der Waals surface area contributed by atoms with E-state index in [4.69, 9.17) is 14.9 Å². The van der Waals surface area contributed by atoms with Crippen LogP contribution in [0.25, 0.3) is 0 Å². The number of allylic oxidation sites excluding steroid dienone is 1. The van der Waals surface area contributed by atoms with Crippen molar-refractivity contribution in [3.63, 3.8) is 0 Å². The summed E-state index contributed by atoms with van der Waals surface area (Å²) < 4.78 is 4.87. The molecule has 0 spiro atoms. The van der Waals surface area contributed by atoms with Gasteiger partial charge in [-0.15, -0.1) is 6.58 Å². The summed E-state index contributed by atoms with van der Waals surface area (Å²) in [7, 11) is 0. The number of aliphatic carboxylic acids is 2. The Morgan fingerprint density at radius 1 is 1.32 bits per heavy atom. The van der Waals surface area contributed by atoms with Crippen LogP contribution in [-0.4, -0.2) is 28.8 Å². The molecule has 0 heterocycles. The van der Waals surface area contributed by atoms with Gasteiger partial charge < -0.3 is 14.9 Å². The summed E-state index contributed by atoms with van der Waals surface area (Å²) in [5, 5.41) is 16.5. The van der Waals surface area contributed by atoms with Crippen molar-refractivity contribution < 1.29 is 24.5 Å². The molecule has 0 radical (unpaired) electrons. The summed E-state index contributed by atoms with van der Waals surface area (Å²) >= 11 is 0. The van der Waals surface area contributed by atoms with Crippen LogP contribution in [-0.2, 0) is 9.59 Å². The van der Waals surface area contributed by atoms with Gasteiger partial charge in [-0.25, -0.2) is 4.79 Å². The Morgan fingerprint density at radius 2 is 1.89 bits per heavy atom. The summed E-state index contributed by atoms with van der Waals surface area (Å²) in [6.45, 7) is 4.79.